The average molecular weight is 805 g/mol. The number of rotatable bonds is 2. The van der Waals surface area contributed by atoms with Gasteiger partial charge in [0.05, 0.1) is 10.9 Å². The summed E-state index contributed by atoms with van der Waals surface area (Å²) in [6.07, 6.45) is 13.5. The molecule has 2 aromatic heterocycles. The van der Waals surface area contributed by atoms with Gasteiger partial charge in [-0.15, -0.1) is 0 Å². The highest BCUT2D eigenvalue weighted by molar-refractivity contribution is 7.00. The van der Waals surface area contributed by atoms with Gasteiger partial charge in [0.1, 0.15) is 0 Å². The zero-order chi connectivity index (χ0) is 41.6. The Morgan fingerprint density at radius 3 is 1.76 bits per heavy atom. The number of fused-ring (bicyclic) bond motifs is 11. The lowest BCUT2D eigenvalue weighted by atomic mass is 9.33. The van der Waals surface area contributed by atoms with Crippen LogP contribution in [0.1, 0.15) is 162 Å². The minimum Gasteiger partial charge on any atom is -0.314 e. The van der Waals surface area contributed by atoms with Crippen molar-refractivity contribution in [1.82, 2.24) is 9.13 Å². The number of benzene rings is 6. The Morgan fingerprint density at radius 2 is 1.10 bits per heavy atom. The van der Waals surface area contributed by atoms with Gasteiger partial charge in [0, 0.05) is 44.3 Å². The SMILES string of the molecule is CC(C)(C)c1cc2c3c(c1)c1cc(C(C)(C)C)cc4c1n3-c1c(ccc3c1B2c1cccc2c(C5CCCCC5)c(C5CCCCC5)n-3c12)C41c2ccccc2-c2ccccc21. The summed E-state index contributed by atoms with van der Waals surface area (Å²) >= 11 is 0. The maximum atomic E-state index is 2.91. The molecule has 3 aliphatic carbocycles. The lowest BCUT2D eigenvalue weighted by Crippen LogP contribution is -2.60. The fraction of sp³-hybridized carbons (Fsp3) is 0.356. The van der Waals surface area contributed by atoms with Crippen molar-refractivity contribution in [1.29, 1.82) is 0 Å². The van der Waals surface area contributed by atoms with Gasteiger partial charge in [0.25, 0.3) is 6.71 Å². The Balaban J connectivity index is 1.22. The molecule has 8 aromatic rings. The lowest BCUT2D eigenvalue weighted by molar-refractivity contribution is 0.413. The van der Waals surface area contributed by atoms with E-state index >= 15 is 0 Å². The minimum absolute atomic E-state index is 0.0114. The number of hydrogen-bond acceptors (Lipinski definition) is 0. The predicted octanol–water partition coefficient (Wildman–Crippen LogP) is 13.2. The molecule has 2 fully saturated rings. The van der Waals surface area contributed by atoms with E-state index in [2.05, 4.69) is 154 Å². The van der Waals surface area contributed by atoms with Crippen LogP contribution < -0.4 is 16.4 Å². The molecule has 3 aliphatic heterocycles. The van der Waals surface area contributed by atoms with Crippen molar-refractivity contribution >= 4 is 55.8 Å². The molecule has 6 aromatic carbocycles. The predicted molar refractivity (Wildman–Crippen MR) is 262 cm³/mol. The van der Waals surface area contributed by atoms with Crippen molar-refractivity contribution < 1.29 is 0 Å². The molecule has 14 rings (SSSR count). The van der Waals surface area contributed by atoms with Crippen LogP contribution in [0.25, 0.3) is 55.2 Å². The molecule has 0 bridgehead atoms. The summed E-state index contributed by atoms with van der Waals surface area (Å²) in [6, 6.07) is 42.2. The molecule has 1 spiro atoms. The number of para-hydroxylation sites is 1. The largest absolute Gasteiger partial charge is 0.314 e. The van der Waals surface area contributed by atoms with Crippen LogP contribution in [0.3, 0.4) is 0 Å². The highest BCUT2D eigenvalue weighted by Gasteiger charge is 2.55. The topological polar surface area (TPSA) is 9.86 Å². The second kappa shape index (κ2) is 12.0. The van der Waals surface area contributed by atoms with Gasteiger partial charge in [0.2, 0.25) is 0 Å². The van der Waals surface area contributed by atoms with Crippen LogP contribution in [0.4, 0.5) is 0 Å². The summed E-state index contributed by atoms with van der Waals surface area (Å²) in [5, 5.41) is 4.39. The molecule has 2 saturated carbocycles. The van der Waals surface area contributed by atoms with Crippen LogP contribution >= 0.6 is 0 Å². The maximum absolute atomic E-state index is 2.91. The standard InChI is InChI=1S/C59H57BN2/c1-57(2,3)36-30-41-42-31-37(58(4,5)6)33-48-55(42)62-53(41)46(32-36)59(43-25-15-13-22-38(43)39-23-14-16-26-44(39)59)45-28-29-49-51(56(45)62)60(48)47-27-17-24-40-50(34-18-9-7-10-19-34)52(61(49)54(40)47)35-20-11-8-12-21-35/h13-17,22-35H,7-12,18-21H2,1-6H3. The highest BCUT2D eigenvalue weighted by atomic mass is 15.1. The van der Waals surface area contributed by atoms with Crippen LogP contribution in [-0.4, -0.2) is 15.8 Å². The molecular formula is C59H57BN2. The van der Waals surface area contributed by atoms with E-state index in [9.17, 15) is 0 Å². The fourth-order valence-corrected chi connectivity index (χ4v) is 14.4. The Kier molecular flexibility index (Phi) is 7.04. The highest BCUT2D eigenvalue weighted by Crippen LogP contribution is 2.62. The van der Waals surface area contributed by atoms with E-state index in [0.29, 0.717) is 11.8 Å². The molecule has 0 atom stereocenters. The van der Waals surface area contributed by atoms with Gasteiger partial charge < -0.3 is 9.13 Å². The van der Waals surface area contributed by atoms with E-state index < -0.39 is 5.41 Å². The summed E-state index contributed by atoms with van der Waals surface area (Å²) in [5.74, 6) is 1.25. The summed E-state index contributed by atoms with van der Waals surface area (Å²) in [4.78, 5) is 0. The van der Waals surface area contributed by atoms with E-state index in [4.69, 9.17) is 0 Å². The summed E-state index contributed by atoms with van der Waals surface area (Å²) in [5.41, 5.74) is 26.1. The first kappa shape index (κ1) is 36.2. The molecule has 306 valence electrons. The molecule has 5 heterocycles. The summed E-state index contributed by atoms with van der Waals surface area (Å²) < 4.78 is 5.74. The normalized spacial score (nSPS) is 18.5. The molecule has 2 nitrogen and oxygen atoms in total. The van der Waals surface area contributed by atoms with E-state index in [1.807, 2.05) is 0 Å². The lowest BCUT2D eigenvalue weighted by Gasteiger charge is -2.44. The summed E-state index contributed by atoms with van der Waals surface area (Å²) in [6.45, 7) is 14.6. The quantitative estimate of drug-likeness (QED) is 0.154. The molecule has 0 amide bonds. The van der Waals surface area contributed by atoms with Gasteiger partial charge >= 0.3 is 0 Å². The Hall–Kier alpha value is -5.28. The number of hydrogen-bond donors (Lipinski definition) is 0. The second-order valence-corrected chi connectivity index (χ2v) is 22.4. The van der Waals surface area contributed by atoms with Crippen molar-refractivity contribution in [3.8, 4) is 22.5 Å². The van der Waals surface area contributed by atoms with Gasteiger partial charge in [0.15, 0.2) is 0 Å². The van der Waals surface area contributed by atoms with Gasteiger partial charge in [-0.05, 0) is 133 Å². The Labute approximate surface area is 367 Å². The van der Waals surface area contributed by atoms with Crippen molar-refractivity contribution in [2.45, 2.75) is 134 Å². The van der Waals surface area contributed by atoms with Crippen LogP contribution in [0.15, 0.2) is 103 Å². The van der Waals surface area contributed by atoms with Crippen molar-refractivity contribution in [3.05, 3.63) is 148 Å². The molecule has 6 aliphatic rings. The van der Waals surface area contributed by atoms with E-state index in [0.717, 1.165) is 0 Å². The Bertz CT molecular complexity index is 3240. The first-order chi connectivity index (χ1) is 30.1. The van der Waals surface area contributed by atoms with Gasteiger partial charge in [-0.1, -0.05) is 165 Å². The van der Waals surface area contributed by atoms with Crippen molar-refractivity contribution in [2.75, 3.05) is 0 Å². The average Bonchev–Trinajstić information content (AvgIpc) is 3.91. The zero-order valence-electron chi connectivity index (χ0n) is 37.5. The van der Waals surface area contributed by atoms with Crippen molar-refractivity contribution in [2.24, 2.45) is 0 Å². The molecule has 3 heteroatoms. The third kappa shape index (κ3) is 4.30. The fourth-order valence-electron chi connectivity index (χ4n) is 14.4. The van der Waals surface area contributed by atoms with Gasteiger partial charge in [-0.3, -0.25) is 0 Å². The first-order valence-corrected chi connectivity index (χ1v) is 24.3. The van der Waals surface area contributed by atoms with Crippen LogP contribution in [-0.2, 0) is 16.2 Å². The third-order valence-electron chi connectivity index (χ3n) is 17.2. The smallest absolute Gasteiger partial charge is 0.252 e. The molecule has 0 N–H and O–H groups in total. The zero-order valence-corrected chi connectivity index (χ0v) is 37.5. The maximum Gasteiger partial charge on any atom is 0.252 e. The van der Waals surface area contributed by atoms with Gasteiger partial charge in [-0.25, -0.2) is 0 Å². The third-order valence-corrected chi connectivity index (χ3v) is 17.2. The monoisotopic (exact) mass is 804 g/mol. The van der Waals surface area contributed by atoms with Crippen LogP contribution in [0.2, 0.25) is 0 Å². The summed E-state index contributed by atoms with van der Waals surface area (Å²) in [7, 11) is 0. The molecule has 0 saturated heterocycles. The van der Waals surface area contributed by atoms with Crippen LogP contribution in [0.5, 0.6) is 0 Å². The molecule has 62 heavy (non-hydrogen) atoms. The molecule has 0 radical (unpaired) electrons. The number of nitrogens with zero attached hydrogens (tertiary/aromatic N) is 2. The molecule has 0 unspecified atom stereocenters. The second-order valence-electron chi connectivity index (χ2n) is 22.4. The minimum atomic E-state index is -0.460. The Morgan fingerprint density at radius 1 is 0.500 bits per heavy atom. The first-order valence-electron chi connectivity index (χ1n) is 24.3. The van der Waals surface area contributed by atoms with E-state index in [1.54, 1.807) is 16.6 Å². The van der Waals surface area contributed by atoms with E-state index in [-0.39, 0.29) is 17.5 Å². The number of aromatic nitrogens is 2. The van der Waals surface area contributed by atoms with Crippen LogP contribution in [0, 0.1) is 0 Å². The van der Waals surface area contributed by atoms with Crippen molar-refractivity contribution in [3.63, 3.8) is 0 Å². The molecular weight excluding hydrogens is 747 g/mol. The van der Waals surface area contributed by atoms with Gasteiger partial charge in [-0.2, -0.15) is 0 Å². The van der Waals surface area contributed by atoms with E-state index in [1.165, 1.54) is 164 Å².